The Kier molecular flexibility index (Phi) is 4.69. The number of nitrogens with zero attached hydrogens (tertiary/aromatic N) is 4. The van der Waals surface area contributed by atoms with Gasteiger partial charge in [-0.05, 0) is 38.6 Å². The van der Waals surface area contributed by atoms with E-state index in [0.717, 1.165) is 59.0 Å². The van der Waals surface area contributed by atoms with Crippen molar-refractivity contribution in [3.8, 4) is 11.1 Å². The Balaban J connectivity index is 1.68. The quantitative estimate of drug-likeness (QED) is 0.765. The van der Waals surface area contributed by atoms with Gasteiger partial charge in [-0.25, -0.2) is 4.68 Å². The number of halogens is 1. The fourth-order valence-electron chi connectivity index (χ4n) is 3.54. The zero-order valence-electron chi connectivity index (χ0n) is 15.7. The predicted molar refractivity (Wildman–Crippen MR) is 110 cm³/mol. The zero-order valence-corrected chi connectivity index (χ0v) is 17.3. The van der Waals surface area contributed by atoms with Crippen molar-refractivity contribution in [2.24, 2.45) is 0 Å². The van der Waals surface area contributed by atoms with Crippen LogP contribution in [0.4, 0.5) is 5.82 Å². The van der Waals surface area contributed by atoms with E-state index in [2.05, 4.69) is 56.0 Å². The summed E-state index contributed by atoms with van der Waals surface area (Å²) in [5.41, 5.74) is 10.7. The van der Waals surface area contributed by atoms with E-state index in [1.165, 1.54) is 0 Å². The SMILES string of the molecule is CC1=C(C(=O)N2CCN(C)CC2)NNc2c(-c3ccc(Br)cc3)c(C)nn21. The highest BCUT2D eigenvalue weighted by Crippen LogP contribution is 2.35. The average molecular weight is 431 g/mol. The van der Waals surface area contributed by atoms with Gasteiger partial charge in [0.2, 0.25) is 0 Å². The lowest BCUT2D eigenvalue weighted by atomic mass is 10.1. The highest BCUT2D eigenvalue weighted by atomic mass is 79.9. The van der Waals surface area contributed by atoms with Crippen LogP contribution in [-0.4, -0.2) is 58.7 Å². The van der Waals surface area contributed by atoms with Gasteiger partial charge in [-0.2, -0.15) is 5.10 Å². The predicted octanol–water partition coefficient (Wildman–Crippen LogP) is 2.51. The number of hydrazine groups is 1. The number of aromatic nitrogens is 2. The Morgan fingerprint density at radius 2 is 1.74 bits per heavy atom. The summed E-state index contributed by atoms with van der Waals surface area (Å²) in [6.07, 6.45) is 0. The van der Waals surface area contributed by atoms with Crippen molar-refractivity contribution in [1.82, 2.24) is 25.0 Å². The molecule has 7 nitrogen and oxygen atoms in total. The number of benzene rings is 1. The Morgan fingerprint density at radius 1 is 1.07 bits per heavy atom. The molecule has 1 saturated heterocycles. The van der Waals surface area contributed by atoms with E-state index < -0.39 is 0 Å². The third-order valence-electron chi connectivity index (χ3n) is 5.18. The molecule has 4 rings (SSSR count). The molecule has 0 aliphatic carbocycles. The van der Waals surface area contributed by atoms with Gasteiger partial charge in [0.05, 0.1) is 11.4 Å². The first-order valence-electron chi connectivity index (χ1n) is 9.02. The third-order valence-corrected chi connectivity index (χ3v) is 5.71. The molecule has 8 heteroatoms. The number of aryl methyl sites for hydroxylation is 1. The average Bonchev–Trinajstić information content (AvgIpc) is 3.00. The first kappa shape index (κ1) is 18.1. The fourth-order valence-corrected chi connectivity index (χ4v) is 3.81. The lowest BCUT2D eigenvalue weighted by molar-refractivity contribution is -0.129. The molecule has 2 aliphatic rings. The molecule has 1 aromatic heterocycles. The number of nitrogens with one attached hydrogen (secondary N) is 2. The van der Waals surface area contributed by atoms with Crippen molar-refractivity contribution in [1.29, 1.82) is 0 Å². The number of carbonyl (C=O) groups excluding carboxylic acids is 1. The topological polar surface area (TPSA) is 65.4 Å². The number of anilines is 1. The minimum Gasteiger partial charge on any atom is -0.335 e. The first-order valence-corrected chi connectivity index (χ1v) is 9.81. The van der Waals surface area contributed by atoms with E-state index in [1.807, 2.05) is 35.6 Å². The highest BCUT2D eigenvalue weighted by molar-refractivity contribution is 9.10. The molecule has 1 fully saturated rings. The largest absolute Gasteiger partial charge is 0.335 e. The molecule has 2 N–H and O–H groups in total. The number of hydrogen-bond donors (Lipinski definition) is 2. The van der Waals surface area contributed by atoms with Gasteiger partial charge < -0.3 is 9.80 Å². The van der Waals surface area contributed by atoms with E-state index in [4.69, 9.17) is 0 Å². The maximum Gasteiger partial charge on any atom is 0.273 e. The Labute approximate surface area is 167 Å². The van der Waals surface area contributed by atoms with E-state index in [9.17, 15) is 4.79 Å². The second-order valence-electron chi connectivity index (χ2n) is 7.03. The number of rotatable bonds is 2. The van der Waals surface area contributed by atoms with Crippen molar-refractivity contribution in [3.05, 3.63) is 40.1 Å². The van der Waals surface area contributed by atoms with Crippen molar-refractivity contribution in [3.63, 3.8) is 0 Å². The standard InChI is InChI=1S/C19H23BrN6O/c1-12-16(14-4-6-15(20)7-5-14)18-22-21-17(13(2)26(18)23-12)19(27)25-10-8-24(3)9-11-25/h4-7,21-22H,8-11H2,1-3H3. The summed E-state index contributed by atoms with van der Waals surface area (Å²) in [7, 11) is 2.08. The summed E-state index contributed by atoms with van der Waals surface area (Å²) in [5.74, 6) is 0.861. The first-order chi connectivity index (χ1) is 13.0. The number of hydrogen-bond acceptors (Lipinski definition) is 5. The highest BCUT2D eigenvalue weighted by Gasteiger charge is 2.29. The van der Waals surface area contributed by atoms with Gasteiger partial charge in [0, 0.05) is 36.2 Å². The lowest BCUT2D eigenvalue weighted by Gasteiger charge is -2.34. The minimum absolute atomic E-state index is 0.0112. The molecular formula is C19H23BrN6O. The van der Waals surface area contributed by atoms with E-state index in [0.29, 0.717) is 5.70 Å². The van der Waals surface area contributed by atoms with Crippen LogP contribution in [0.3, 0.4) is 0 Å². The van der Waals surface area contributed by atoms with Gasteiger partial charge in [0.1, 0.15) is 5.70 Å². The summed E-state index contributed by atoms with van der Waals surface area (Å²) in [6, 6.07) is 8.14. The van der Waals surface area contributed by atoms with Crippen LogP contribution in [0.15, 0.2) is 34.4 Å². The minimum atomic E-state index is 0.0112. The molecule has 0 radical (unpaired) electrons. The van der Waals surface area contributed by atoms with E-state index >= 15 is 0 Å². The van der Waals surface area contributed by atoms with E-state index in [1.54, 1.807) is 0 Å². The van der Waals surface area contributed by atoms with Gasteiger partial charge in [-0.15, -0.1) is 0 Å². The normalized spacial score (nSPS) is 17.4. The number of amides is 1. The maximum absolute atomic E-state index is 13.0. The molecule has 3 heterocycles. The van der Waals surface area contributed by atoms with Crippen molar-refractivity contribution in [2.75, 3.05) is 38.7 Å². The molecule has 0 spiro atoms. The second-order valence-corrected chi connectivity index (χ2v) is 7.95. The Morgan fingerprint density at radius 3 is 2.41 bits per heavy atom. The van der Waals surface area contributed by atoms with Gasteiger partial charge in [-0.3, -0.25) is 15.6 Å². The number of likely N-dealkylation sites (N-methyl/N-ethyl adjacent to an activating group) is 1. The van der Waals surface area contributed by atoms with Crippen LogP contribution in [-0.2, 0) is 4.79 Å². The molecule has 0 bridgehead atoms. The molecule has 0 unspecified atom stereocenters. The lowest BCUT2D eigenvalue weighted by Crippen LogP contribution is -2.50. The van der Waals surface area contributed by atoms with Gasteiger partial charge in [-0.1, -0.05) is 28.1 Å². The van der Waals surface area contributed by atoms with Crippen LogP contribution < -0.4 is 10.9 Å². The monoisotopic (exact) mass is 430 g/mol. The van der Waals surface area contributed by atoms with Gasteiger partial charge >= 0.3 is 0 Å². The number of fused-ring (bicyclic) bond motifs is 1. The molecule has 0 atom stereocenters. The van der Waals surface area contributed by atoms with Crippen LogP contribution in [0.5, 0.6) is 0 Å². The number of allylic oxidation sites excluding steroid dienone is 1. The smallest absolute Gasteiger partial charge is 0.273 e. The van der Waals surface area contributed by atoms with Crippen molar-refractivity contribution in [2.45, 2.75) is 13.8 Å². The molecule has 2 aliphatic heterocycles. The molecular weight excluding hydrogens is 408 g/mol. The summed E-state index contributed by atoms with van der Waals surface area (Å²) >= 11 is 3.48. The molecule has 1 amide bonds. The summed E-state index contributed by atoms with van der Waals surface area (Å²) in [5, 5.41) is 4.69. The summed E-state index contributed by atoms with van der Waals surface area (Å²) < 4.78 is 2.86. The summed E-state index contributed by atoms with van der Waals surface area (Å²) in [4.78, 5) is 17.1. The third kappa shape index (κ3) is 3.23. The van der Waals surface area contributed by atoms with Gasteiger partial charge in [0.15, 0.2) is 5.82 Å². The maximum atomic E-state index is 13.0. The number of piperazine rings is 1. The van der Waals surface area contributed by atoms with Crippen molar-refractivity contribution >= 4 is 33.4 Å². The van der Waals surface area contributed by atoms with Crippen LogP contribution in [0.2, 0.25) is 0 Å². The molecule has 0 saturated carbocycles. The van der Waals surface area contributed by atoms with Crippen molar-refractivity contribution < 1.29 is 4.79 Å². The second kappa shape index (κ2) is 7.01. The molecule has 1 aromatic carbocycles. The fraction of sp³-hybridized carbons (Fsp3) is 0.368. The van der Waals surface area contributed by atoms with Gasteiger partial charge in [0.25, 0.3) is 5.91 Å². The Hall–Kier alpha value is -2.32. The molecule has 2 aromatic rings. The number of carbonyl (C=O) groups is 1. The summed E-state index contributed by atoms with van der Waals surface area (Å²) in [6.45, 7) is 7.18. The molecule has 27 heavy (non-hydrogen) atoms. The molecule has 142 valence electrons. The van der Waals surface area contributed by atoms with Crippen LogP contribution in [0.25, 0.3) is 16.8 Å². The van der Waals surface area contributed by atoms with Crippen LogP contribution in [0, 0.1) is 6.92 Å². The van der Waals surface area contributed by atoms with Crippen LogP contribution >= 0.6 is 15.9 Å². The zero-order chi connectivity index (χ0) is 19.1. The van der Waals surface area contributed by atoms with Crippen LogP contribution in [0.1, 0.15) is 12.6 Å². The van der Waals surface area contributed by atoms with E-state index in [-0.39, 0.29) is 5.91 Å². The Bertz CT molecular complexity index is 909.